The molecule has 3 heterocycles. The van der Waals surface area contributed by atoms with Gasteiger partial charge in [-0.25, -0.2) is 25.4 Å². The first-order chi connectivity index (χ1) is 16.9. The molecule has 1 unspecified atom stereocenters. The number of aliphatic imine (C=N–C) groups is 1. The Kier molecular flexibility index (Phi) is 7.06. The second kappa shape index (κ2) is 10.3. The molecule has 1 aliphatic rings. The van der Waals surface area contributed by atoms with Crippen LogP contribution in [-0.2, 0) is 0 Å². The molecule has 1 atom stereocenters. The number of carbonyl (C=O) groups excluding carboxylic acids is 1. The summed E-state index contributed by atoms with van der Waals surface area (Å²) in [5, 5.41) is 11.1. The van der Waals surface area contributed by atoms with Crippen LogP contribution in [0.4, 0.5) is 23.0 Å². The molecule has 1 aliphatic heterocycles. The number of aryl methyl sites for hydroxylation is 2. The van der Waals surface area contributed by atoms with Crippen molar-refractivity contribution in [2.75, 3.05) is 31.3 Å². The topological polar surface area (TPSA) is 129 Å². The van der Waals surface area contributed by atoms with Gasteiger partial charge in [0.05, 0.1) is 24.0 Å². The van der Waals surface area contributed by atoms with Crippen LogP contribution in [0.3, 0.4) is 0 Å². The Morgan fingerprint density at radius 1 is 1.14 bits per heavy atom. The molecule has 0 fully saturated rings. The maximum absolute atomic E-state index is 12.6. The summed E-state index contributed by atoms with van der Waals surface area (Å²) in [6.07, 6.45) is 3.01. The Morgan fingerprint density at radius 3 is 2.66 bits per heavy atom. The monoisotopic (exact) mass is 475 g/mol. The highest BCUT2D eigenvalue weighted by Gasteiger charge is 2.23. The summed E-state index contributed by atoms with van der Waals surface area (Å²) >= 11 is 0. The van der Waals surface area contributed by atoms with Gasteiger partial charge >= 0.3 is 0 Å². The molecule has 4 N–H and O–H groups in total. The molecule has 0 aliphatic carbocycles. The molecule has 2 aromatic heterocycles. The van der Waals surface area contributed by atoms with Crippen molar-refractivity contribution < 1.29 is 9.53 Å². The van der Waals surface area contributed by atoms with E-state index in [1.54, 1.807) is 26.6 Å². The normalized spacial score (nSPS) is 14.7. The van der Waals surface area contributed by atoms with Crippen molar-refractivity contribution in [1.29, 1.82) is 0 Å². The van der Waals surface area contributed by atoms with Crippen LogP contribution < -0.4 is 26.1 Å². The first kappa shape index (κ1) is 23.9. The molecule has 35 heavy (non-hydrogen) atoms. The standard InChI is InChI=1S/C24H29N9O2/c1-6-33-13-27-23(32-33)16-8-7-9-18(22(16)35-5)30-19-11-20(26-12-17(19)24(34)25-4)31-21-10-14(2)28-15(3)29-21/h7-13,23,32H,6H2,1-5H3,(H,25,34)(H2,26,28,29,30,31). The SMILES string of the molecule is CCN1C=NC(c2cccc(Nc3cc(Nc4cc(C)nc(C)n4)ncc3C(=O)NC)c2OC)N1. The number of anilines is 4. The van der Waals surface area contributed by atoms with Gasteiger partial charge in [0.15, 0.2) is 0 Å². The predicted octanol–water partition coefficient (Wildman–Crippen LogP) is 3.21. The van der Waals surface area contributed by atoms with Crippen LogP contribution in [0.2, 0.25) is 0 Å². The number of benzene rings is 1. The zero-order valence-electron chi connectivity index (χ0n) is 20.4. The minimum atomic E-state index is -0.274. The Hall–Kier alpha value is -4.25. The summed E-state index contributed by atoms with van der Waals surface area (Å²) in [6, 6.07) is 9.34. The van der Waals surface area contributed by atoms with Gasteiger partial charge in [-0.1, -0.05) is 12.1 Å². The van der Waals surface area contributed by atoms with Gasteiger partial charge in [-0.2, -0.15) is 0 Å². The smallest absolute Gasteiger partial charge is 0.254 e. The number of hydrogen-bond donors (Lipinski definition) is 4. The molecular weight excluding hydrogens is 446 g/mol. The van der Waals surface area contributed by atoms with Crippen molar-refractivity contribution in [2.45, 2.75) is 26.9 Å². The van der Waals surface area contributed by atoms with Crippen molar-refractivity contribution in [3.8, 4) is 5.75 Å². The Bertz CT molecular complexity index is 1240. The number of hydrogen-bond acceptors (Lipinski definition) is 10. The molecule has 0 saturated carbocycles. The van der Waals surface area contributed by atoms with Gasteiger partial charge in [-0.15, -0.1) is 0 Å². The average Bonchev–Trinajstić information content (AvgIpc) is 3.32. The maximum Gasteiger partial charge on any atom is 0.254 e. The summed E-state index contributed by atoms with van der Waals surface area (Å²) in [4.78, 5) is 30.2. The minimum Gasteiger partial charge on any atom is -0.494 e. The van der Waals surface area contributed by atoms with Crippen LogP contribution in [0.15, 0.2) is 41.5 Å². The number of pyridine rings is 1. The summed E-state index contributed by atoms with van der Waals surface area (Å²) in [7, 11) is 3.19. The van der Waals surface area contributed by atoms with E-state index in [1.165, 1.54) is 6.20 Å². The van der Waals surface area contributed by atoms with Gasteiger partial charge in [0.2, 0.25) is 0 Å². The summed E-state index contributed by atoms with van der Waals surface area (Å²) < 4.78 is 5.77. The van der Waals surface area contributed by atoms with Crippen molar-refractivity contribution >= 4 is 35.3 Å². The van der Waals surface area contributed by atoms with Gasteiger partial charge in [-0.3, -0.25) is 9.80 Å². The molecule has 3 aromatic rings. The fraction of sp³-hybridized carbons (Fsp3) is 0.292. The van der Waals surface area contributed by atoms with E-state index in [4.69, 9.17) is 4.74 Å². The van der Waals surface area contributed by atoms with Crippen LogP contribution >= 0.6 is 0 Å². The number of hydrazine groups is 1. The Labute approximate surface area is 204 Å². The molecule has 0 spiro atoms. The second-order valence-electron chi connectivity index (χ2n) is 7.90. The highest BCUT2D eigenvalue weighted by Crippen LogP contribution is 2.37. The van der Waals surface area contributed by atoms with Gasteiger partial charge in [0.25, 0.3) is 5.91 Å². The van der Waals surface area contributed by atoms with Crippen molar-refractivity contribution in [2.24, 2.45) is 4.99 Å². The number of carbonyl (C=O) groups is 1. The maximum atomic E-state index is 12.6. The third kappa shape index (κ3) is 5.30. The van der Waals surface area contributed by atoms with Crippen LogP contribution in [0.1, 0.15) is 40.5 Å². The van der Waals surface area contributed by atoms with E-state index >= 15 is 0 Å². The number of aromatic nitrogens is 3. The molecule has 4 rings (SSSR count). The number of methoxy groups -OCH3 is 1. The molecule has 11 nitrogen and oxygen atoms in total. The van der Waals surface area contributed by atoms with E-state index in [0.717, 1.165) is 17.8 Å². The molecule has 0 bridgehead atoms. The van der Waals surface area contributed by atoms with Gasteiger partial charge < -0.3 is 20.7 Å². The number of para-hydroxylation sites is 1. The van der Waals surface area contributed by atoms with Crippen LogP contribution in [0.5, 0.6) is 5.75 Å². The van der Waals surface area contributed by atoms with Crippen molar-refractivity contribution in [1.82, 2.24) is 30.7 Å². The van der Waals surface area contributed by atoms with Crippen LogP contribution in [0, 0.1) is 13.8 Å². The van der Waals surface area contributed by atoms with E-state index in [1.807, 2.05) is 50.0 Å². The first-order valence-corrected chi connectivity index (χ1v) is 11.2. The van der Waals surface area contributed by atoms with E-state index < -0.39 is 0 Å². The molecule has 0 radical (unpaired) electrons. The van der Waals surface area contributed by atoms with Gasteiger partial charge in [0, 0.05) is 43.2 Å². The zero-order valence-corrected chi connectivity index (χ0v) is 20.4. The van der Waals surface area contributed by atoms with E-state index in [-0.39, 0.29) is 12.1 Å². The highest BCUT2D eigenvalue weighted by molar-refractivity contribution is 6.00. The number of nitrogens with zero attached hydrogens (tertiary/aromatic N) is 5. The predicted molar refractivity (Wildman–Crippen MR) is 135 cm³/mol. The third-order valence-corrected chi connectivity index (χ3v) is 5.40. The van der Waals surface area contributed by atoms with Crippen LogP contribution in [-0.4, -0.2) is 52.9 Å². The minimum absolute atomic E-state index is 0.268. The average molecular weight is 476 g/mol. The second-order valence-corrected chi connectivity index (χ2v) is 7.90. The largest absolute Gasteiger partial charge is 0.494 e. The zero-order chi connectivity index (χ0) is 24.9. The molecule has 0 saturated heterocycles. The lowest BCUT2D eigenvalue weighted by molar-refractivity contribution is 0.0963. The fourth-order valence-corrected chi connectivity index (χ4v) is 3.79. The molecule has 182 valence electrons. The summed E-state index contributed by atoms with van der Waals surface area (Å²) in [5.41, 5.74) is 6.65. The first-order valence-electron chi connectivity index (χ1n) is 11.2. The molecular formula is C24H29N9O2. The van der Waals surface area contributed by atoms with E-state index in [9.17, 15) is 4.79 Å². The third-order valence-electron chi connectivity index (χ3n) is 5.40. The van der Waals surface area contributed by atoms with Gasteiger partial charge in [-0.05, 0) is 26.8 Å². The lowest BCUT2D eigenvalue weighted by atomic mass is 10.1. The summed E-state index contributed by atoms with van der Waals surface area (Å²) in [5.74, 6) is 2.14. The van der Waals surface area contributed by atoms with E-state index in [0.29, 0.717) is 40.1 Å². The van der Waals surface area contributed by atoms with Gasteiger partial charge in [0.1, 0.15) is 35.7 Å². The lowest BCUT2D eigenvalue weighted by Crippen LogP contribution is -2.32. The Balaban J connectivity index is 1.69. The van der Waals surface area contributed by atoms with Crippen molar-refractivity contribution in [3.63, 3.8) is 0 Å². The fourth-order valence-electron chi connectivity index (χ4n) is 3.79. The molecule has 11 heteroatoms. The molecule has 1 amide bonds. The number of nitrogens with one attached hydrogen (secondary N) is 4. The Morgan fingerprint density at radius 2 is 1.97 bits per heavy atom. The van der Waals surface area contributed by atoms with Crippen molar-refractivity contribution in [3.05, 3.63) is 59.2 Å². The molecule has 1 aromatic carbocycles. The number of rotatable bonds is 8. The summed E-state index contributed by atoms with van der Waals surface area (Å²) in [6.45, 7) is 6.55. The number of ether oxygens (including phenoxy) is 1. The van der Waals surface area contributed by atoms with Crippen LogP contribution in [0.25, 0.3) is 0 Å². The highest BCUT2D eigenvalue weighted by atomic mass is 16.5. The number of amides is 1. The lowest BCUT2D eigenvalue weighted by Gasteiger charge is -2.21. The quantitative estimate of drug-likeness (QED) is 0.388. The van der Waals surface area contributed by atoms with E-state index in [2.05, 4.69) is 41.3 Å².